The van der Waals surface area contributed by atoms with E-state index in [1.165, 1.54) is 23.8 Å². The van der Waals surface area contributed by atoms with Crippen molar-refractivity contribution >= 4 is 35.2 Å². The predicted molar refractivity (Wildman–Crippen MR) is 93.2 cm³/mol. The number of thioether (sulfide) groups is 1. The van der Waals surface area contributed by atoms with Crippen LogP contribution in [0.1, 0.15) is 16.1 Å². The number of hydrogen-bond acceptors (Lipinski definition) is 5. The summed E-state index contributed by atoms with van der Waals surface area (Å²) < 4.78 is 10.5. The Morgan fingerprint density at radius 1 is 1.33 bits per heavy atom. The van der Waals surface area contributed by atoms with Crippen molar-refractivity contribution in [1.82, 2.24) is 4.90 Å². The first-order valence-electron chi connectivity index (χ1n) is 7.38. The van der Waals surface area contributed by atoms with Crippen LogP contribution >= 0.6 is 23.4 Å². The minimum absolute atomic E-state index is 0.225. The summed E-state index contributed by atoms with van der Waals surface area (Å²) in [6.45, 7) is 2.24. The molecule has 1 aromatic carbocycles. The van der Waals surface area contributed by atoms with Crippen LogP contribution in [0.4, 0.5) is 0 Å². The number of furan rings is 1. The number of nitrogens with zero attached hydrogens (tertiary/aromatic N) is 1. The van der Waals surface area contributed by atoms with Gasteiger partial charge in [-0.25, -0.2) is 4.79 Å². The fourth-order valence-electron chi connectivity index (χ4n) is 2.58. The number of hydrogen-bond donors (Lipinski definition) is 0. The molecule has 0 N–H and O–H groups in total. The lowest BCUT2D eigenvalue weighted by atomic mass is 10.1. The van der Waals surface area contributed by atoms with E-state index in [-0.39, 0.29) is 5.91 Å². The standard InChI is InChI=1S/C17H16ClNO4S/c1-10-13(9-14(23-10)11-3-5-12(18)6-4-11)15(20)19-7-8-24-16(19)17(21)22-2/h3-6,9,16H,7-8H2,1-2H3/t16-/m0/s1. The number of rotatable bonds is 3. The molecule has 2 aromatic rings. The number of amides is 1. The molecular weight excluding hydrogens is 350 g/mol. The minimum atomic E-state index is -0.601. The SMILES string of the molecule is COC(=O)[C@@H]1SCCN1C(=O)c1cc(-c2ccc(Cl)cc2)oc1C. The summed E-state index contributed by atoms with van der Waals surface area (Å²) in [5, 5.41) is 0.0316. The fraction of sp³-hybridized carbons (Fsp3) is 0.294. The van der Waals surface area contributed by atoms with Crippen LogP contribution in [-0.2, 0) is 9.53 Å². The summed E-state index contributed by atoms with van der Waals surface area (Å²) in [6.07, 6.45) is 0. The lowest BCUT2D eigenvalue weighted by molar-refractivity contribution is -0.142. The van der Waals surface area contributed by atoms with Gasteiger partial charge >= 0.3 is 5.97 Å². The highest BCUT2D eigenvalue weighted by atomic mass is 35.5. The van der Waals surface area contributed by atoms with E-state index >= 15 is 0 Å². The molecule has 0 unspecified atom stereocenters. The van der Waals surface area contributed by atoms with Gasteiger partial charge in [0, 0.05) is 22.9 Å². The van der Waals surface area contributed by atoms with Gasteiger partial charge in [-0.2, -0.15) is 0 Å². The number of aryl methyl sites for hydroxylation is 1. The average molecular weight is 366 g/mol. The Labute approximate surface area is 148 Å². The Morgan fingerprint density at radius 2 is 2.04 bits per heavy atom. The Morgan fingerprint density at radius 3 is 2.71 bits per heavy atom. The molecule has 0 radical (unpaired) electrons. The zero-order chi connectivity index (χ0) is 17.3. The second-order valence-electron chi connectivity index (χ2n) is 5.33. The van der Waals surface area contributed by atoms with Crippen molar-refractivity contribution < 1.29 is 18.7 Å². The maximum atomic E-state index is 12.8. The van der Waals surface area contributed by atoms with Gasteiger partial charge in [-0.05, 0) is 37.3 Å². The quantitative estimate of drug-likeness (QED) is 0.778. The monoisotopic (exact) mass is 365 g/mol. The molecule has 126 valence electrons. The van der Waals surface area contributed by atoms with Crippen LogP contribution in [0.5, 0.6) is 0 Å². The Hall–Kier alpha value is -1.92. The number of benzene rings is 1. The van der Waals surface area contributed by atoms with Crippen LogP contribution in [0.2, 0.25) is 5.02 Å². The zero-order valence-electron chi connectivity index (χ0n) is 13.2. The highest BCUT2D eigenvalue weighted by Crippen LogP contribution is 2.31. The van der Waals surface area contributed by atoms with Crippen molar-refractivity contribution in [2.75, 3.05) is 19.4 Å². The van der Waals surface area contributed by atoms with Crippen molar-refractivity contribution in [2.45, 2.75) is 12.3 Å². The molecule has 0 bridgehead atoms. The molecule has 2 heterocycles. The van der Waals surface area contributed by atoms with Crippen molar-refractivity contribution in [2.24, 2.45) is 0 Å². The van der Waals surface area contributed by atoms with E-state index < -0.39 is 11.3 Å². The number of ether oxygens (including phenoxy) is 1. The number of esters is 1. The Balaban J connectivity index is 1.88. The summed E-state index contributed by atoms with van der Waals surface area (Å²) in [4.78, 5) is 26.2. The van der Waals surface area contributed by atoms with Gasteiger partial charge in [-0.3, -0.25) is 4.79 Å². The topological polar surface area (TPSA) is 59.8 Å². The third kappa shape index (κ3) is 3.16. The molecule has 1 aliphatic heterocycles. The van der Waals surface area contributed by atoms with Gasteiger partial charge in [0.2, 0.25) is 0 Å². The number of methoxy groups -OCH3 is 1. The second kappa shape index (κ2) is 6.91. The van der Waals surface area contributed by atoms with E-state index in [1.54, 1.807) is 25.1 Å². The summed E-state index contributed by atoms with van der Waals surface area (Å²) in [5.74, 6) is 1.17. The van der Waals surface area contributed by atoms with E-state index in [0.29, 0.717) is 34.4 Å². The molecule has 1 atom stereocenters. The Bertz CT molecular complexity index is 771. The van der Waals surface area contributed by atoms with E-state index in [0.717, 1.165) is 5.56 Å². The van der Waals surface area contributed by atoms with Crippen molar-refractivity contribution in [1.29, 1.82) is 0 Å². The normalized spacial score (nSPS) is 17.1. The van der Waals surface area contributed by atoms with Crippen LogP contribution in [0.15, 0.2) is 34.7 Å². The zero-order valence-corrected chi connectivity index (χ0v) is 14.8. The van der Waals surface area contributed by atoms with Gasteiger partial charge in [0.1, 0.15) is 11.5 Å². The van der Waals surface area contributed by atoms with Crippen LogP contribution < -0.4 is 0 Å². The summed E-state index contributed by atoms with van der Waals surface area (Å²) in [6, 6.07) is 8.90. The first-order valence-corrected chi connectivity index (χ1v) is 8.80. The van der Waals surface area contributed by atoms with E-state index in [9.17, 15) is 9.59 Å². The highest BCUT2D eigenvalue weighted by Gasteiger charge is 2.37. The second-order valence-corrected chi connectivity index (χ2v) is 6.96. The molecule has 0 aliphatic carbocycles. The van der Waals surface area contributed by atoms with E-state index in [4.69, 9.17) is 20.8 Å². The Kier molecular flexibility index (Phi) is 4.87. The largest absolute Gasteiger partial charge is 0.467 e. The molecule has 5 nitrogen and oxygen atoms in total. The predicted octanol–water partition coefficient (Wildman–Crippen LogP) is 3.60. The highest BCUT2D eigenvalue weighted by molar-refractivity contribution is 8.00. The molecule has 1 saturated heterocycles. The van der Waals surface area contributed by atoms with Gasteiger partial charge in [-0.15, -0.1) is 11.8 Å². The summed E-state index contributed by atoms with van der Waals surface area (Å²) in [7, 11) is 1.33. The van der Waals surface area contributed by atoms with Crippen molar-refractivity contribution in [3.05, 3.63) is 46.7 Å². The lowest BCUT2D eigenvalue weighted by Crippen LogP contribution is -2.40. The van der Waals surface area contributed by atoms with Gasteiger partial charge in [0.05, 0.1) is 12.7 Å². The van der Waals surface area contributed by atoms with Crippen molar-refractivity contribution in [3.8, 4) is 11.3 Å². The van der Waals surface area contributed by atoms with Gasteiger partial charge < -0.3 is 14.1 Å². The molecule has 1 fully saturated rings. The smallest absolute Gasteiger partial charge is 0.339 e. The molecular formula is C17H16ClNO4S. The first-order chi connectivity index (χ1) is 11.5. The molecule has 1 aromatic heterocycles. The lowest BCUT2D eigenvalue weighted by Gasteiger charge is -2.21. The van der Waals surface area contributed by atoms with Crippen LogP contribution in [0, 0.1) is 6.92 Å². The average Bonchev–Trinajstić information content (AvgIpc) is 3.21. The molecule has 0 saturated carbocycles. The first kappa shape index (κ1) is 16.9. The molecule has 3 rings (SSSR count). The third-order valence-electron chi connectivity index (χ3n) is 3.83. The number of carbonyl (C=O) groups excluding carboxylic acids is 2. The maximum absolute atomic E-state index is 12.8. The molecule has 1 aliphatic rings. The van der Waals surface area contributed by atoms with Crippen LogP contribution in [0.25, 0.3) is 11.3 Å². The van der Waals surface area contributed by atoms with Gasteiger partial charge in [0.15, 0.2) is 5.37 Å². The van der Waals surface area contributed by atoms with Gasteiger partial charge in [0.25, 0.3) is 5.91 Å². The minimum Gasteiger partial charge on any atom is -0.467 e. The fourth-order valence-corrected chi connectivity index (χ4v) is 3.84. The molecule has 7 heteroatoms. The van der Waals surface area contributed by atoms with E-state index in [1.807, 2.05) is 12.1 Å². The molecule has 24 heavy (non-hydrogen) atoms. The third-order valence-corrected chi connectivity index (χ3v) is 5.26. The summed E-state index contributed by atoms with van der Waals surface area (Å²) in [5.41, 5.74) is 1.29. The van der Waals surface area contributed by atoms with Crippen molar-refractivity contribution in [3.63, 3.8) is 0 Å². The number of halogens is 1. The van der Waals surface area contributed by atoms with Crippen LogP contribution in [-0.4, -0.2) is 41.6 Å². The maximum Gasteiger partial charge on any atom is 0.339 e. The number of carbonyl (C=O) groups is 2. The molecule has 1 amide bonds. The summed E-state index contributed by atoms with van der Waals surface area (Å²) >= 11 is 7.30. The van der Waals surface area contributed by atoms with Gasteiger partial charge in [-0.1, -0.05) is 11.6 Å². The van der Waals surface area contributed by atoms with E-state index in [2.05, 4.69) is 0 Å². The van der Waals surface area contributed by atoms with Crippen LogP contribution in [0.3, 0.4) is 0 Å². The molecule has 0 spiro atoms.